The van der Waals surface area contributed by atoms with E-state index >= 15 is 0 Å². The fourth-order valence-corrected chi connectivity index (χ4v) is 2.97. The summed E-state index contributed by atoms with van der Waals surface area (Å²) in [7, 11) is 0. The van der Waals surface area contributed by atoms with E-state index in [1.807, 2.05) is 18.2 Å². The van der Waals surface area contributed by atoms with E-state index in [0.717, 1.165) is 17.7 Å². The lowest BCUT2D eigenvalue weighted by Gasteiger charge is -2.07. The third-order valence-corrected chi connectivity index (χ3v) is 4.44. The maximum Gasteiger partial charge on any atom is 0.416 e. The van der Waals surface area contributed by atoms with Crippen LogP contribution in [0.25, 0.3) is 11.3 Å². The van der Waals surface area contributed by atoms with E-state index in [9.17, 15) is 18.0 Å². The van der Waals surface area contributed by atoms with E-state index in [-0.39, 0.29) is 23.9 Å². The van der Waals surface area contributed by atoms with Crippen LogP contribution in [-0.4, -0.2) is 19.2 Å². The molecule has 8 heteroatoms. The van der Waals surface area contributed by atoms with Crippen molar-refractivity contribution in [3.8, 4) is 22.8 Å². The number of nitrogens with one attached hydrogen (secondary N) is 1. The summed E-state index contributed by atoms with van der Waals surface area (Å²) in [5.74, 6) is 1.14. The SMILES string of the molecule is O=C(NCCc1ccc2c(c1)OCO2)c1ccc(-c2cccc(C(F)(F)F)c2)o1. The van der Waals surface area contributed by atoms with Gasteiger partial charge in [0, 0.05) is 12.1 Å². The monoisotopic (exact) mass is 403 g/mol. The van der Waals surface area contributed by atoms with Gasteiger partial charge >= 0.3 is 6.18 Å². The molecule has 1 aliphatic heterocycles. The van der Waals surface area contributed by atoms with Crippen molar-refractivity contribution < 1.29 is 31.9 Å². The largest absolute Gasteiger partial charge is 0.454 e. The molecular formula is C21H16F3NO4. The van der Waals surface area contributed by atoms with Gasteiger partial charge in [0.15, 0.2) is 17.3 Å². The summed E-state index contributed by atoms with van der Waals surface area (Å²) in [5, 5.41) is 2.73. The zero-order valence-corrected chi connectivity index (χ0v) is 15.1. The number of hydrogen-bond donors (Lipinski definition) is 1. The maximum atomic E-state index is 12.9. The minimum absolute atomic E-state index is 0.0306. The predicted octanol–water partition coefficient (Wildman–Crippen LogP) is 4.67. The molecule has 150 valence electrons. The molecule has 29 heavy (non-hydrogen) atoms. The summed E-state index contributed by atoms with van der Waals surface area (Å²) >= 11 is 0. The number of halogens is 3. The molecule has 1 aromatic heterocycles. The van der Waals surface area contributed by atoms with Crippen molar-refractivity contribution in [2.24, 2.45) is 0 Å². The summed E-state index contributed by atoms with van der Waals surface area (Å²) in [6.45, 7) is 0.556. The van der Waals surface area contributed by atoms with Crippen LogP contribution in [-0.2, 0) is 12.6 Å². The van der Waals surface area contributed by atoms with Crippen molar-refractivity contribution in [2.45, 2.75) is 12.6 Å². The fourth-order valence-electron chi connectivity index (χ4n) is 2.97. The van der Waals surface area contributed by atoms with Crippen molar-refractivity contribution in [3.05, 3.63) is 71.5 Å². The highest BCUT2D eigenvalue weighted by Crippen LogP contribution is 2.33. The number of fused-ring (bicyclic) bond motifs is 1. The van der Waals surface area contributed by atoms with Crippen LogP contribution in [0.3, 0.4) is 0 Å². The van der Waals surface area contributed by atoms with Crippen LogP contribution >= 0.6 is 0 Å². The molecule has 1 amide bonds. The second kappa shape index (κ2) is 7.54. The van der Waals surface area contributed by atoms with Gasteiger partial charge in [-0.2, -0.15) is 13.2 Å². The number of amides is 1. The van der Waals surface area contributed by atoms with E-state index in [0.29, 0.717) is 24.5 Å². The van der Waals surface area contributed by atoms with Gasteiger partial charge in [-0.05, 0) is 48.4 Å². The van der Waals surface area contributed by atoms with Crippen LogP contribution < -0.4 is 14.8 Å². The lowest BCUT2D eigenvalue weighted by Crippen LogP contribution is -2.25. The smallest absolute Gasteiger partial charge is 0.416 e. The van der Waals surface area contributed by atoms with Gasteiger partial charge in [0.05, 0.1) is 5.56 Å². The van der Waals surface area contributed by atoms with Crippen LogP contribution in [0.4, 0.5) is 13.2 Å². The zero-order valence-electron chi connectivity index (χ0n) is 15.1. The quantitative estimate of drug-likeness (QED) is 0.673. The topological polar surface area (TPSA) is 60.7 Å². The minimum Gasteiger partial charge on any atom is -0.454 e. The van der Waals surface area contributed by atoms with Crippen molar-refractivity contribution in [1.29, 1.82) is 0 Å². The second-order valence-electron chi connectivity index (χ2n) is 6.44. The van der Waals surface area contributed by atoms with Crippen LogP contribution in [0.1, 0.15) is 21.7 Å². The summed E-state index contributed by atoms with van der Waals surface area (Å²) in [6, 6.07) is 13.2. The number of ether oxygens (including phenoxy) is 2. The van der Waals surface area contributed by atoms with E-state index in [2.05, 4.69) is 5.32 Å². The van der Waals surface area contributed by atoms with Crippen LogP contribution in [0.2, 0.25) is 0 Å². The Morgan fingerprint density at radius 2 is 1.83 bits per heavy atom. The molecule has 5 nitrogen and oxygen atoms in total. The van der Waals surface area contributed by atoms with Gasteiger partial charge in [-0.15, -0.1) is 0 Å². The van der Waals surface area contributed by atoms with Gasteiger partial charge in [0.25, 0.3) is 5.91 Å². The lowest BCUT2D eigenvalue weighted by molar-refractivity contribution is -0.137. The highest BCUT2D eigenvalue weighted by Gasteiger charge is 2.30. The summed E-state index contributed by atoms with van der Waals surface area (Å²) in [4.78, 5) is 12.3. The Hall–Kier alpha value is -3.42. The molecule has 2 heterocycles. The summed E-state index contributed by atoms with van der Waals surface area (Å²) < 4.78 is 54.6. The average Bonchev–Trinajstić information content (AvgIpc) is 3.36. The molecule has 0 unspecified atom stereocenters. The second-order valence-corrected chi connectivity index (χ2v) is 6.44. The van der Waals surface area contributed by atoms with E-state index < -0.39 is 17.6 Å². The van der Waals surface area contributed by atoms with Gasteiger partial charge in [0.1, 0.15) is 5.76 Å². The Balaban J connectivity index is 1.37. The average molecular weight is 403 g/mol. The van der Waals surface area contributed by atoms with Crippen molar-refractivity contribution in [3.63, 3.8) is 0 Å². The van der Waals surface area contributed by atoms with Gasteiger partial charge in [0.2, 0.25) is 6.79 Å². The number of carbonyl (C=O) groups excluding carboxylic acids is 1. The first-order valence-corrected chi connectivity index (χ1v) is 8.84. The molecule has 0 saturated heterocycles. The Morgan fingerprint density at radius 3 is 2.66 bits per heavy atom. The first-order valence-electron chi connectivity index (χ1n) is 8.84. The maximum absolute atomic E-state index is 12.9. The van der Waals surface area contributed by atoms with Gasteiger partial charge < -0.3 is 19.2 Å². The standard InChI is InChI=1S/C21H16F3NO4/c22-21(23,24)15-3-1-2-14(11-15)16-6-7-18(29-16)20(26)25-9-8-13-4-5-17-19(10-13)28-12-27-17/h1-7,10-11H,8-9,12H2,(H,25,26). The zero-order chi connectivity index (χ0) is 20.4. The molecule has 0 radical (unpaired) electrons. The number of alkyl halides is 3. The number of benzene rings is 2. The molecule has 0 aliphatic carbocycles. The molecule has 0 bridgehead atoms. The molecule has 0 spiro atoms. The summed E-state index contributed by atoms with van der Waals surface area (Å²) in [6.07, 6.45) is -3.87. The molecule has 4 rings (SSSR count). The Labute approximate surface area is 164 Å². The predicted molar refractivity (Wildman–Crippen MR) is 97.7 cm³/mol. The highest BCUT2D eigenvalue weighted by molar-refractivity contribution is 5.92. The molecule has 3 aromatic rings. The van der Waals surface area contributed by atoms with Crippen LogP contribution in [0, 0.1) is 0 Å². The van der Waals surface area contributed by atoms with Crippen LogP contribution in [0.5, 0.6) is 11.5 Å². The molecule has 1 N–H and O–H groups in total. The lowest BCUT2D eigenvalue weighted by atomic mass is 10.1. The van der Waals surface area contributed by atoms with E-state index in [4.69, 9.17) is 13.9 Å². The number of furan rings is 1. The highest BCUT2D eigenvalue weighted by atomic mass is 19.4. The molecule has 2 aromatic carbocycles. The van der Waals surface area contributed by atoms with Crippen molar-refractivity contribution in [1.82, 2.24) is 5.32 Å². The minimum atomic E-state index is -4.45. The van der Waals surface area contributed by atoms with E-state index in [1.54, 1.807) is 0 Å². The third kappa shape index (κ3) is 4.21. The Bertz CT molecular complexity index is 1040. The number of hydrogen-bond acceptors (Lipinski definition) is 4. The first kappa shape index (κ1) is 18.9. The molecule has 0 atom stereocenters. The molecule has 1 aliphatic rings. The first-order chi connectivity index (χ1) is 13.9. The van der Waals surface area contributed by atoms with Crippen molar-refractivity contribution in [2.75, 3.05) is 13.3 Å². The molecular weight excluding hydrogens is 387 g/mol. The fraction of sp³-hybridized carbons (Fsp3) is 0.190. The summed E-state index contributed by atoms with van der Waals surface area (Å²) in [5.41, 5.74) is 0.444. The van der Waals surface area contributed by atoms with Gasteiger partial charge in [-0.3, -0.25) is 4.79 Å². The normalized spacial score (nSPS) is 12.8. The number of rotatable bonds is 5. The Kier molecular flexibility index (Phi) is 4.92. The van der Waals surface area contributed by atoms with Crippen molar-refractivity contribution >= 4 is 5.91 Å². The molecule has 0 fully saturated rings. The third-order valence-electron chi connectivity index (χ3n) is 4.44. The van der Waals surface area contributed by atoms with Crippen LogP contribution in [0.15, 0.2) is 59.0 Å². The Morgan fingerprint density at radius 1 is 1.00 bits per heavy atom. The van der Waals surface area contributed by atoms with E-state index in [1.165, 1.54) is 24.3 Å². The number of carbonyl (C=O) groups is 1. The molecule has 0 saturated carbocycles. The van der Waals surface area contributed by atoms with Gasteiger partial charge in [-0.25, -0.2) is 0 Å². The van der Waals surface area contributed by atoms with Gasteiger partial charge in [-0.1, -0.05) is 18.2 Å².